The molecule has 6 heteroatoms. The molecule has 0 aromatic heterocycles. The number of carbonyl (C=O) groups is 2. The van der Waals surface area contributed by atoms with E-state index in [-0.39, 0.29) is 23.4 Å². The lowest BCUT2D eigenvalue weighted by molar-refractivity contribution is -0.137. The molecule has 0 unspecified atom stereocenters. The normalized spacial score (nSPS) is 13.9. The first-order valence-electron chi connectivity index (χ1n) is 10.8. The predicted octanol–water partition coefficient (Wildman–Crippen LogP) is 4.39. The van der Waals surface area contributed by atoms with Crippen LogP contribution in [0.5, 0.6) is 5.75 Å². The smallest absolute Gasteiger partial charge is 0.278 e. The lowest BCUT2D eigenvalue weighted by Crippen LogP contribution is -2.35. The zero-order valence-electron chi connectivity index (χ0n) is 18.9. The summed E-state index contributed by atoms with van der Waals surface area (Å²) in [6.45, 7) is 10.4. The molecule has 0 atom stereocenters. The lowest BCUT2D eigenvalue weighted by Gasteiger charge is -2.21. The van der Waals surface area contributed by atoms with Crippen molar-refractivity contribution in [3.05, 3.63) is 59.8 Å². The third kappa shape index (κ3) is 4.58. The van der Waals surface area contributed by atoms with Gasteiger partial charge in [-0.1, -0.05) is 32.0 Å². The zero-order chi connectivity index (χ0) is 22.5. The van der Waals surface area contributed by atoms with Crippen molar-refractivity contribution in [2.45, 2.75) is 27.7 Å². The molecule has 1 aliphatic rings. The fraction of sp³-hybridized carbons (Fsp3) is 0.360. The van der Waals surface area contributed by atoms with E-state index in [1.165, 1.54) is 4.90 Å². The van der Waals surface area contributed by atoms with Crippen LogP contribution < -0.4 is 15.0 Å². The van der Waals surface area contributed by atoms with Crippen molar-refractivity contribution in [2.75, 3.05) is 37.0 Å². The Bertz CT molecular complexity index is 976. The minimum atomic E-state index is -0.313. The van der Waals surface area contributed by atoms with E-state index in [0.717, 1.165) is 24.5 Å². The Morgan fingerprint density at radius 3 is 2.19 bits per heavy atom. The van der Waals surface area contributed by atoms with Gasteiger partial charge in [-0.25, -0.2) is 0 Å². The van der Waals surface area contributed by atoms with E-state index in [0.29, 0.717) is 23.4 Å². The third-order valence-corrected chi connectivity index (χ3v) is 5.36. The standard InChI is InChI=1S/C25H31N3O3/c1-6-27(7-2)19-14-12-18(13-15-19)26-23-22(20-10-8-9-11-21(20)31-5)24(29)28(25(23)30)16-17(3)4/h8-15,17,26H,6-7,16H2,1-5H3. The van der Waals surface area contributed by atoms with Crippen LogP contribution in [0.25, 0.3) is 5.57 Å². The van der Waals surface area contributed by atoms with Gasteiger partial charge in [-0.2, -0.15) is 0 Å². The Kier molecular flexibility index (Phi) is 7.00. The molecule has 3 rings (SSSR count). The SMILES string of the molecule is CCN(CC)c1ccc(NC2=C(c3ccccc3OC)C(=O)N(CC(C)C)C2=O)cc1. The van der Waals surface area contributed by atoms with Gasteiger partial charge in [-0.05, 0) is 50.1 Å². The van der Waals surface area contributed by atoms with E-state index >= 15 is 0 Å². The highest BCUT2D eigenvalue weighted by molar-refractivity contribution is 6.37. The first-order chi connectivity index (χ1) is 14.9. The lowest BCUT2D eigenvalue weighted by atomic mass is 10.0. The molecule has 31 heavy (non-hydrogen) atoms. The second-order valence-electron chi connectivity index (χ2n) is 7.91. The van der Waals surface area contributed by atoms with Crippen LogP contribution in [0.3, 0.4) is 0 Å². The van der Waals surface area contributed by atoms with Crippen LogP contribution in [0.15, 0.2) is 54.2 Å². The van der Waals surface area contributed by atoms with Crippen molar-refractivity contribution in [3.8, 4) is 5.75 Å². The van der Waals surface area contributed by atoms with Crippen LogP contribution in [0.1, 0.15) is 33.3 Å². The fourth-order valence-electron chi connectivity index (χ4n) is 3.81. The van der Waals surface area contributed by atoms with Gasteiger partial charge in [0, 0.05) is 36.6 Å². The zero-order valence-corrected chi connectivity index (χ0v) is 18.9. The number of amides is 2. The number of methoxy groups -OCH3 is 1. The molecule has 1 heterocycles. The summed E-state index contributed by atoms with van der Waals surface area (Å²) in [5.74, 6) is 0.110. The summed E-state index contributed by atoms with van der Waals surface area (Å²) >= 11 is 0. The molecule has 0 saturated carbocycles. The van der Waals surface area contributed by atoms with Gasteiger partial charge >= 0.3 is 0 Å². The van der Waals surface area contributed by atoms with Crippen molar-refractivity contribution in [1.29, 1.82) is 0 Å². The first-order valence-corrected chi connectivity index (χ1v) is 10.8. The summed E-state index contributed by atoms with van der Waals surface area (Å²) in [5.41, 5.74) is 3.11. The third-order valence-electron chi connectivity index (χ3n) is 5.36. The quantitative estimate of drug-likeness (QED) is 0.609. The summed E-state index contributed by atoms with van der Waals surface area (Å²) in [6, 6.07) is 15.2. The van der Waals surface area contributed by atoms with Crippen molar-refractivity contribution < 1.29 is 14.3 Å². The molecular formula is C25H31N3O3. The highest BCUT2D eigenvalue weighted by atomic mass is 16.5. The second kappa shape index (κ2) is 9.69. The van der Waals surface area contributed by atoms with Gasteiger partial charge in [0.15, 0.2) is 0 Å². The molecule has 0 saturated heterocycles. The number of carbonyl (C=O) groups excluding carboxylic acids is 2. The molecule has 0 bridgehead atoms. The molecule has 1 aliphatic heterocycles. The van der Waals surface area contributed by atoms with Gasteiger partial charge in [0.1, 0.15) is 11.4 Å². The fourth-order valence-corrected chi connectivity index (χ4v) is 3.81. The van der Waals surface area contributed by atoms with Crippen LogP contribution in [0.4, 0.5) is 11.4 Å². The highest BCUT2D eigenvalue weighted by Crippen LogP contribution is 2.35. The molecule has 6 nitrogen and oxygen atoms in total. The monoisotopic (exact) mass is 421 g/mol. The average molecular weight is 422 g/mol. The minimum Gasteiger partial charge on any atom is -0.496 e. The molecule has 0 radical (unpaired) electrons. The molecule has 164 valence electrons. The van der Waals surface area contributed by atoms with Crippen molar-refractivity contribution in [1.82, 2.24) is 4.90 Å². The second-order valence-corrected chi connectivity index (χ2v) is 7.91. The van der Waals surface area contributed by atoms with Crippen LogP contribution in [0.2, 0.25) is 0 Å². The summed E-state index contributed by atoms with van der Waals surface area (Å²) in [7, 11) is 1.56. The number of nitrogens with zero attached hydrogens (tertiary/aromatic N) is 2. The molecule has 0 aliphatic carbocycles. The number of hydrogen-bond acceptors (Lipinski definition) is 5. The highest BCUT2D eigenvalue weighted by Gasteiger charge is 2.40. The molecule has 0 fully saturated rings. The van der Waals surface area contributed by atoms with Gasteiger partial charge < -0.3 is 15.0 Å². The Balaban J connectivity index is 2.02. The maximum Gasteiger partial charge on any atom is 0.278 e. The van der Waals surface area contributed by atoms with Crippen molar-refractivity contribution >= 4 is 28.8 Å². The molecule has 1 N–H and O–H groups in total. The van der Waals surface area contributed by atoms with E-state index in [1.54, 1.807) is 13.2 Å². The Labute approximate surface area is 184 Å². The number of para-hydroxylation sites is 1. The summed E-state index contributed by atoms with van der Waals surface area (Å²) in [4.78, 5) is 30.1. The van der Waals surface area contributed by atoms with Gasteiger partial charge in [-0.15, -0.1) is 0 Å². The Morgan fingerprint density at radius 2 is 1.61 bits per heavy atom. The molecule has 2 amide bonds. The van der Waals surface area contributed by atoms with E-state index < -0.39 is 0 Å². The Morgan fingerprint density at radius 1 is 0.968 bits per heavy atom. The summed E-state index contributed by atoms with van der Waals surface area (Å²) < 4.78 is 5.47. The Hall–Kier alpha value is -3.28. The van der Waals surface area contributed by atoms with E-state index in [9.17, 15) is 9.59 Å². The summed E-state index contributed by atoms with van der Waals surface area (Å²) in [5, 5.41) is 3.22. The largest absolute Gasteiger partial charge is 0.496 e. The average Bonchev–Trinajstić information content (AvgIpc) is 2.99. The molecular weight excluding hydrogens is 390 g/mol. The van der Waals surface area contributed by atoms with Crippen molar-refractivity contribution in [2.24, 2.45) is 5.92 Å². The number of ether oxygens (including phenoxy) is 1. The predicted molar refractivity (Wildman–Crippen MR) is 125 cm³/mol. The number of imide groups is 1. The topological polar surface area (TPSA) is 61.9 Å². The van der Waals surface area contributed by atoms with Crippen LogP contribution >= 0.6 is 0 Å². The maximum absolute atomic E-state index is 13.3. The summed E-state index contributed by atoms with van der Waals surface area (Å²) in [6.07, 6.45) is 0. The molecule has 2 aromatic carbocycles. The van der Waals surface area contributed by atoms with Gasteiger partial charge in [0.25, 0.3) is 11.8 Å². The molecule has 2 aromatic rings. The minimum absolute atomic E-state index is 0.166. The van der Waals surface area contributed by atoms with Gasteiger partial charge in [-0.3, -0.25) is 14.5 Å². The first kappa shape index (κ1) is 22.4. The van der Waals surface area contributed by atoms with Gasteiger partial charge in [0.05, 0.1) is 12.7 Å². The van der Waals surface area contributed by atoms with Gasteiger partial charge in [0.2, 0.25) is 0 Å². The number of rotatable bonds is 9. The van der Waals surface area contributed by atoms with Crippen LogP contribution in [-0.2, 0) is 9.59 Å². The van der Waals surface area contributed by atoms with E-state index in [4.69, 9.17) is 4.74 Å². The number of anilines is 2. The van der Waals surface area contributed by atoms with Crippen LogP contribution in [0, 0.1) is 5.92 Å². The maximum atomic E-state index is 13.3. The van der Waals surface area contributed by atoms with E-state index in [2.05, 4.69) is 24.1 Å². The van der Waals surface area contributed by atoms with Crippen molar-refractivity contribution in [3.63, 3.8) is 0 Å². The number of benzene rings is 2. The number of nitrogens with one attached hydrogen (secondary N) is 1. The molecule has 0 spiro atoms. The number of hydrogen-bond donors (Lipinski definition) is 1. The van der Waals surface area contributed by atoms with E-state index in [1.807, 2.05) is 56.3 Å². The van der Waals surface area contributed by atoms with Crippen LogP contribution in [-0.4, -0.2) is 43.5 Å².